The van der Waals surface area contributed by atoms with Crippen LogP contribution < -0.4 is 0 Å². The van der Waals surface area contributed by atoms with E-state index in [4.69, 9.17) is 9.72 Å². The van der Waals surface area contributed by atoms with E-state index in [1.807, 2.05) is 35.1 Å². The third-order valence-corrected chi connectivity index (χ3v) is 5.96. The van der Waals surface area contributed by atoms with E-state index in [1.165, 1.54) is 11.1 Å². The van der Waals surface area contributed by atoms with Crippen LogP contribution in [0.4, 0.5) is 0 Å². The third kappa shape index (κ3) is 3.86. The second-order valence-corrected chi connectivity index (χ2v) is 7.90. The molecule has 0 radical (unpaired) electrons. The molecule has 0 saturated carbocycles. The second-order valence-electron chi connectivity index (χ2n) is 7.90. The highest BCUT2D eigenvalue weighted by Gasteiger charge is 2.18. The summed E-state index contributed by atoms with van der Waals surface area (Å²) in [6.07, 6.45) is 6.78. The zero-order chi connectivity index (χ0) is 20.3. The van der Waals surface area contributed by atoms with Crippen LogP contribution in [0, 0.1) is 0 Å². The lowest BCUT2D eigenvalue weighted by atomic mass is 10.0. The topological polar surface area (TPSA) is 42.7 Å². The van der Waals surface area contributed by atoms with Crippen LogP contribution in [0.25, 0.3) is 16.8 Å². The van der Waals surface area contributed by atoms with Gasteiger partial charge in [-0.25, -0.2) is 9.50 Å². The van der Waals surface area contributed by atoms with Crippen LogP contribution in [0.15, 0.2) is 73.2 Å². The van der Waals surface area contributed by atoms with Crippen molar-refractivity contribution in [2.75, 3.05) is 26.3 Å². The SMILES string of the molecule is C[C@@H](c1ccc(Cc2cnc3c(-c4ccccc4)cnn3c2)cc1)N1CCOCC1. The zero-order valence-electron chi connectivity index (χ0n) is 17.2. The van der Waals surface area contributed by atoms with E-state index in [9.17, 15) is 0 Å². The minimum absolute atomic E-state index is 0.418. The summed E-state index contributed by atoms with van der Waals surface area (Å²) in [5.41, 5.74) is 6.87. The Hall–Kier alpha value is -3.02. The lowest BCUT2D eigenvalue weighted by molar-refractivity contribution is 0.0198. The predicted molar refractivity (Wildman–Crippen MR) is 118 cm³/mol. The van der Waals surface area contributed by atoms with E-state index in [0.717, 1.165) is 55.1 Å². The largest absolute Gasteiger partial charge is 0.379 e. The van der Waals surface area contributed by atoms with Crippen molar-refractivity contribution in [1.82, 2.24) is 19.5 Å². The summed E-state index contributed by atoms with van der Waals surface area (Å²) in [5.74, 6) is 0. The van der Waals surface area contributed by atoms with Crippen LogP contribution in [0.3, 0.4) is 0 Å². The van der Waals surface area contributed by atoms with Gasteiger partial charge >= 0.3 is 0 Å². The number of fused-ring (bicyclic) bond motifs is 1. The minimum Gasteiger partial charge on any atom is -0.379 e. The van der Waals surface area contributed by atoms with Crippen LogP contribution in [-0.4, -0.2) is 45.8 Å². The first kappa shape index (κ1) is 19.0. The standard InChI is InChI=1S/C25H26N4O/c1-19(28-11-13-30-14-12-28)22-9-7-20(8-10-22)15-21-16-26-25-24(17-27-29(25)18-21)23-5-3-2-4-6-23/h2-10,16-19H,11-15H2,1H3/t19-/m0/s1. The van der Waals surface area contributed by atoms with Crippen LogP contribution in [0.2, 0.25) is 0 Å². The van der Waals surface area contributed by atoms with Gasteiger partial charge in [-0.3, -0.25) is 4.90 Å². The molecule has 3 heterocycles. The molecule has 2 aromatic heterocycles. The van der Waals surface area contributed by atoms with Crippen molar-refractivity contribution in [2.24, 2.45) is 0 Å². The first-order valence-electron chi connectivity index (χ1n) is 10.6. The van der Waals surface area contributed by atoms with Crippen LogP contribution in [-0.2, 0) is 11.2 Å². The second kappa shape index (κ2) is 8.38. The van der Waals surface area contributed by atoms with Crippen LogP contribution >= 0.6 is 0 Å². The molecule has 1 saturated heterocycles. The molecule has 1 aliphatic rings. The Labute approximate surface area is 176 Å². The Morgan fingerprint density at radius 1 is 0.933 bits per heavy atom. The molecule has 4 aromatic rings. The Morgan fingerprint density at radius 2 is 1.70 bits per heavy atom. The lowest BCUT2D eigenvalue weighted by Gasteiger charge is -2.32. The number of hydrogen-bond acceptors (Lipinski definition) is 4. The fraction of sp³-hybridized carbons (Fsp3) is 0.280. The summed E-state index contributed by atoms with van der Waals surface area (Å²) in [6, 6.07) is 19.7. The fourth-order valence-corrected chi connectivity index (χ4v) is 4.15. The molecule has 0 amide bonds. The number of benzene rings is 2. The molecule has 152 valence electrons. The average Bonchev–Trinajstić information content (AvgIpc) is 3.23. The first-order valence-corrected chi connectivity index (χ1v) is 10.6. The third-order valence-electron chi connectivity index (χ3n) is 5.96. The van der Waals surface area contributed by atoms with Crippen molar-refractivity contribution >= 4 is 5.65 Å². The molecule has 30 heavy (non-hydrogen) atoms. The van der Waals surface area contributed by atoms with Gasteiger partial charge in [0.2, 0.25) is 0 Å². The molecule has 1 aliphatic heterocycles. The van der Waals surface area contributed by atoms with Crippen molar-refractivity contribution in [3.63, 3.8) is 0 Å². The summed E-state index contributed by atoms with van der Waals surface area (Å²) in [7, 11) is 0. The molecular weight excluding hydrogens is 372 g/mol. The van der Waals surface area contributed by atoms with Crippen molar-refractivity contribution in [2.45, 2.75) is 19.4 Å². The molecule has 5 heteroatoms. The molecule has 0 unspecified atom stereocenters. The van der Waals surface area contributed by atoms with Gasteiger partial charge < -0.3 is 4.74 Å². The first-order chi connectivity index (χ1) is 14.8. The average molecular weight is 399 g/mol. The molecule has 0 bridgehead atoms. The Bertz CT molecular complexity index is 1120. The van der Waals surface area contributed by atoms with Crippen molar-refractivity contribution in [3.8, 4) is 11.1 Å². The summed E-state index contributed by atoms with van der Waals surface area (Å²) in [6.45, 7) is 5.95. The minimum atomic E-state index is 0.418. The van der Waals surface area contributed by atoms with E-state index in [-0.39, 0.29) is 0 Å². The summed E-state index contributed by atoms with van der Waals surface area (Å²) in [5, 5.41) is 4.52. The number of ether oxygens (including phenoxy) is 1. The highest BCUT2D eigenvalue weighted by atomic mass is 16.5. The highest BCUT2D eigenvalue weighted by molar-refractivity contribution is 5.76. The van der Waals surface area contributed by atoms with E-state index >= 15 is 0 Å². The number of hydrogen-bond donors (Lipinski definition) is 0. The van der Waals surface area contributed by atoms with Gasteiger partial charge in [0.25, 0.3) is 0 Å². The van der Waals surface area contributed by atoms with Gasteiger partial charge in [-0.2, -0.15) is 5.10 Å². The van der Waals surface area contributed by atoms with Gasteiger partial charge in [-0.1, -0.05) is 54.6 Å². The van der Waals surface area contributed by atoms with Crippen molar-refractivity contribution in [1.29, 1.82) is 0 Å². The van der Waals surface area contributed by atoms with E-state index in [1.54, 1.807) is 0 Å². The van der Waals surface area contributed by atoms with Gasteiger partial charge in [-0.05, 0) is 29.2 Å². The maximum atomic E-state index is 5.47. The normalized spacial score (nSPS) is 16.0. The number of morpholine rings is 1. The maximum absolute atomic E-state index is 5.47. The molecule has 0 spiro atoms. The quantitative estimate of drug-likeness (QED) is 0.500. The van der Waals surface area contributed by atoms with Gasteiger partial charge in [-0.15, -0.1) is 0 Å². The van der Waals surface area contributed by atoms with Crippen LogP contribution in [0.1, 0.15) is 29.7 Å². The number of nitrogens with zero attached hydrogens (tertiary/aromatic N) is 4. The molecule has 1 fully saturated rings. The Morgan fingerprint density at radius 3 is 2.47 bits per heavy atom. The molecule has 5 nitrogen and oxygen atoms in total. The van der Waals surface area contributed by atoms with Gasteiger partial charge in [0.1, 0.15) is 0 Å². The van der Waals surface area contributed by atoms with Crippen molar-refractivity contribution < 1.29 is 4.74 Å². The monoisotopic (exact) mass is 398 g/mol. The Balaban J connectivity index is 1.32. The van der Waals surface area contributed by atoms with E-state index in [0.29, 0.717) is 6.04 Å². The predicted octanol–water partition coefficient (Wildman–Crippen LogP) is 4.38. The zero-order valence-corrected chi connectivity index (χ0v) is 17.2. The van der Waals surface area contributed by atoms with Crippen LogP contribution in [0.5, 0.6) is 0 Å². The summed E-state index contributed by atoms with van der Waals surface area (Å²) in [4.78, 5) is 7.19. The molecule has 0 aliphatic carbocycles. The maximum Gasteiger partial charge on any atom is 0.162 e. The molecule has 2 aromatic carbocycles. The van der Waals surface area contributed by atoms with Gasteiger partial charge in [0.05, 0.1) is 19.4 Å². The number of rotatable bonds is 5. The Kier molecular flexibility index (Phi) is 5.30. The van der Waals surface area contributed by atoms with E-state index < -0.39 is 0 Å². The van der Waals surface area contributed by atoms with Crippen molar-refractivity contribution in [3.05, 3.63) is 89.9 Å². The van der Waals surface area contributed by atoms with Gasteiger partial charge in [0, 0.05) is 43.5 Å². The highest BCUT2D eigenvalue weighted by Crippen LogP contribution is 2.24. The smallest absolute Gasteiger partial charge is 0.162 e. The summed E-state index contributed by atoms with van der Waals surface area (Å²) < 4.78 is 7.36. The molecule has 0 N–H and O–H groups in total. The van der Waals surface area contributed by atoms with E-state index in [2.05, 4.69) is 59.5 Å². The molecule has 5 rings (SSSR count). The number of aromatic nitrogens is 3. The molecular formula is C25H26N4O. The molecule has 1 atom stereocenters. The lowest BCUT2D eigenvalue weighted by Crippen LogP contribution is -2.37. The fourth-order valence-electron chi connectivity index (χ4n) is 4.15. The summed E-state index contributed by atoms with van der Waals surface area (Å²) >= 11 is 0. The van der Waals surface area contributed by atoms with Gasteiger partial charge in [0.15, 0.2) is 5.65 Å².